The molecule has 2 rings (SSSR count). The molecule has 0 aliphatic heterocycles. The summed E-state index contributed by atoms with van der Waals surface area (Å²) in [6.45, 7) is 0. The molecular weight excluding hydrogens is 359 g/mol. The molecule has 0 spiro atoms. The predicted octanol–water partition coefficient (Wildman–Crippen LogP) is 4.01. The van der Waals surface area contributed by atoms with Gasteiger partial charge >= 0.3 is 10.1 Å². The van der Waals surface area contributed by atoms with E-state index in [1.165, 1.54) is 12.1 Å². The van der Waals surface area contributed by atoms with Crippen LogP contribution in [0.2, 0.25) is 5.02 Å². The van der Waals surface area contributed by atoms with E-state index in [0.717, 1.165) is 18.2 Å². The third kappa shape index (κ3) is 3.46. The van der Waals surface area contributed by atoms with Gasteiger partial charge in [0.1, 0.15) is 10.7 Å². The van der Waals surface area contributed by atoms with E-state index in [-0.39, 0.29) is 15.7 Å². The Balaban J connectivity index is 2.36. The monoisotopic (exact) mass is 364 g/mol. The highest BCUT2D eigenvalue weighted by Crippen LogP contribution is 2.28. The summed E-state index contributed by atoms with van der Waals surface area (Å²) in [5.74, 6) is -0.694. The molecule has 0 saturated heterocycles. The molecule has 0 amide bonds. The minimum Gasteiger partial charge on any atom is -0.377 e. The molecule has 0 atom stereocenters. The van der Waals surface area contributed by atoms with Gasteiger partial charge in [0.25, 0.3) is 0 Å². The van der Waals surface area contributed by atoms with Gasteiger partial charge in [-0.15, -0.1) is 0 Å². The Hall–Kier alpha value is -1.11. The van der Waals surface area contributed by atoms with Gasteiger partial charge in [-0.3, -0.25) is 0 Å². The van der Waals surface area contributed by atoms with Crippen LogP contribution in [0, 0.1) is 5.82 Å². The fraction of sp³-hybridized carbons (Fsp3) is 0. The number of halogens is 3. The Kier molecular flexibility index (Phi) is 4.13. The second-order valence-electron chi connectivity index (χ2n) is 3.57. The van der Waals surface area contributed by atoms with E-state index in [2.05, 4.69) is 15.9 Å². The van der Waals surface area contributed by atoms with Crippen molar-refractivity contribution in [2.75, 3.05) is 0 Å². The normalized spacial score (nSPS) is 11.3. The van der Waals surface area contributed by atoms with Gasteiger partial charge in [0.15, 0.2) is 5.75 Å². The van der Waals surface area contributed by atoms with E-state index in [1.807, 2.05) is 0 Å². The molecule has 0 saturated carbocycles. The van der Waals surface area contributed by atoms with Crippen molar-refractivity contribution in [2.45, 2.75) is 4.90 Å². The lowest BCUT2D eigenvalue weighted by molar-refractivity contribution is 0.485. The highest BCUT2D eigenvalue weighted by molar-refractivity contribution is 9.10. The van der Waals surface area contributed by atoms with Gasteiger partial charge in [-0.05, 0) is 36.4 Å². The highest BCUT2D eigenvalue weighted by Gasteiger charge is 2.18. The molecule has 0 bridgehead atoms. The zero-order valence-corrected chi connectivity index (χ0v) is 12.5. The third-order valence-corrected chi connectivity index (χ3v) is 4.20. The van der Waals surface area contributed by atoms with Gasteiger partial charge in [0, 0.05) is 4.47 Å². The minimum absolute atomic E-state index is 0.0257. The number of hydrogen-bond acceptors (Lipinski definition) is 3. The Labute approximate surface area is 123 Å². The van der Waals surface area contributed by atoms with E-state index in [1.54, 1.807) is 12.1 Å². The number of hydrogen-bond donors (Lipinski definition) is 0. The summed E-state index contributed by atoms with van der Waals surface area (Å²) in [5.41, 5.74) is 0. The number of benzene rings is 2. The van der Waals surface area contributed by atoms with Crippen LogP contribution in [0.4, 0.5) is 4.39 Å². The maximum atomic E-state index is 12.9. The molecule has 2 aromatic carbocycles. The number of rotatable bonds is 3. The molecule has 0 aliphatic rings. The molecule has 0 N–H and O–H groups in total. The molecule has 3 nitrogen and oxygen atoms in total. The first-order valence-electron chi connectivity index (χ1n) is 5.03. The molecule has 0 unspecified atom stereocenters. The van der Waals surface area contributed by atoms with Crippen molar-refractivity contribution in [3.63, 3.8) is 0 Å². The van der Waals surface area contributed by atoms with Crippen LogP contribution in [0.3, 0.4) is 0 Å². The molecule has 2 aromatic rings. The molecule has 0 radical (unpaired) electrons. The first-order chi connectivity index (χ1) is 8.88. The van der Waals surface area contributed by atoms with Crippen molar-refractivity contribution < 1.29 is 17.0 Å². The molecule has 7 heteroatoms. The zero-order valence-electron chi connectivity index (χ0n) is 9.31. The molecule has 100 valence electrons. The predicted molar refractivity (Wildman–Crippen MR) is 73.4 cm³/mol. The van der Waals surface area contributed by atoms with Crippen molar-refractivity contribution in [1.29, 1.82) is 0 Å². The van der Waals surface area contributed by atoms with Crippen LogP contribution in [-0.2, 0) is 10.1 Å². The Morgan fingerprint density at radius 1 is 1.16 bits per heavy atom. The largest absolute Gasteiger partial charge is 0.377 e. The second-order valence-corrected chi connectivity index (χ2v) is 6.44. The van der Waals surface area contributed by atoms with Crippen LogP contribution < -0.4 is 4.18 Å². The van der Waals surface area contributed by atoms with Crippen LogP contribution >= 0.6 is 27.5 Å². The van der Waals surface area contributed by atoms with Crippen molar-refractivity contribution in [3.8, 4) is 5.75 Å². The first kappa shape index (κ1) is 14.3. The summed E-state index contributed by atoms with van der Waals surface area (Å²) < 4.78 is 42.3. The SMILES string of the molecule is O=S(=O)(Oc1ccc(F)cc1Cl)c1cccc(Br)c1. The van der Waals surface area contributed by atoms with Gasteiger partial charge in [0.05, 0.1) is 5.02 Å². The van der Waals surface area contributed by atoms with Crippen LogP contribution in [0.15, 0.2) is 51.8 Å². The average molecular weight is 366 g/mol. The minimum atomic E-state index is -4.01. The van der Waals surface area contributed by atoms with Crippen molar-refractivity contribution >= 4 is 37.6 Å². The summed E-state index contributed by atoms with van der Waals surface area (Å²) in [6.07, 6.45) is 0. The fourth-order valence-electron chi connectivity index (χ4n) is 1.33. The van der Waals surface area contributed by atoms with Gasteiger partial charge in [0.2, 0.25) is 0 Å². The maximum Gasteiger partial charge on any atom is 0.339 e. The summed E-state index contributed by atoms with van der Waals surface area (Å²) in [6, 6.07) is 9.24. The molecule has 0 aromatic heterocycles. The van der Waals surface area contributed by atoms with Gasteiger partial charge < -0.3 is 4.18 Å². The molecule has 0 fully saturated rings. The fourth-order valence-corrected chi connectivity index (χ4v) is 3.13. The van der Waals surface area contributed by atoms with Crippen LogP contribution in [0.25, 0.3) is 0 Å². The van der Waals surface area contributed by atoms with Crippen LogP contribution in [0.5, 0.6) is 5.75 Å². The van der Waals surface area contributed by atoms with Crippen LogP contribution in [-0.4, -0.2) is 8.42 Å². The van der Waals surface area contributed by atoms with E-state index in [9.17, 15) is 12.8 Å². The van der Waals surface area contributed by atoms with E-state index in [4.69, 9.17) is 15.8 Å². The summed E-state index contributed by atoms with van der Waals surface area (Å²) in [4.78, 5) is -0.0257. The van der Waals surface area contributed by atoms with Crippen molar-refractivity contribution in [2.24, 2.45) is 0 Å². The quantitative estimate of drug-likeness (QED) is 0.772. The Morgan fingerprint density at radius 3 is 2.53 bits per heavy atom. The van der Waals surface area contributed by atoms with Gasteiger partial charge in [-0.1, -0.05) is 33.6 Å². The highest BCUT2D eigenvalue weighted by atomic mass is 79.9. The molecule has 0 heterocycles. The standard InChI is InChI=1S/C12H7BrClFO3S/c13-8-2-1-3-10(6-8)19(16,17)18-12-5-4-9(15)7-11(12)14/h1-7H. The topological polar surface area (TPSA) is 43.4 Å². The molecule has 19 heavy (non-hydrogen) atoms. The summed E-state index contributed by atoms with van der Waals surface area (Å²) in [5, 5.41) is -0.112. The first-order valence-corrected chi connectivity index (χ1v) is 7.61. The smallest absolute Gasteiger partial charge is 0.339 e. The lowest BCUT2D eigenvalue weighted by Crippen LogP contribution is -2.10. The van der Waals surface area contributed by atoms with E-state index >= 15 is 0 Å². The second kappa shape index (κ2) is 5.48. The molecular formula is C12H7BrClFO3S. The van der Waals surface area contributed by atoms with Crippen molar-refractivity contribution in [1.82, 2.24) is 0 Å². The van der Waals surface area contributed by atoms with Crippen molar-refractivity contribution in [3.05, 3.63) is 57.8 Å². The van der Waals surface area contributed by atoms with Gasteiger partial charge in [-0.2, -0.15) is 8.42 Å². The Bertz CT molecular complexity index is 719. The Morgan fingerprint density at radius 2 is 1.89 bits per heavy atom. The average Bonchev–Trinajstić information content (AvgIpc) is 2.33. The maximum absolute atomic E-state index is 12.9. The lowest BCUT2D eigenvalue weighted by Gasteiger charge is -2.08. The third-order valence-electron chi connectivity index (χ3n) is 2.18. The lowest BCUT2D eigenvalue weighted by atomic mass is 10.3. The zero-order chi connectivity index (χ0) is 14.0. The van der Waals surface area contributed by atoms with E-state index < -0.39 is 15.9 Å². The van der Waals surface area contributed by atoms with E-state index in [0.29, 0.717) is 4.47 Å². The molecule has 0 aliphatic carbocycles. The summed E-state index contributed by atoms with van der Waals surface area (Å²) >= 11 is 8.88. The van der Waals surface area contributed by atoms with Gasteiger partial charge in [-0.25, -0.2) is 4.39 Å². The van der Waals surface area contributed by atoms with Crippen LogP contribution in [0.1, 0.15) is 0 Å². The summed E-state index contributed by atoms with van der Waals surface area (Å²) in [7, 11) is -4.01.